The molecule has 0 radical (unpaired) electrons. The van der Waals surface area contributed by atoms with Gasteiger partial charge < -0.3 is 9.80 Å². The van der Waals surface area contributed by atoms with Gasteiger partial charge in [0.2, 0.25) is 0 Å². The van der Waals surface area contributed by atoms with E-state index in [0.717, 1.165) is 35.4 Å². The van der Waals surface area contributed by atoms with Gasteiger partial charge in [0.25, 0.3) is 11.8 Å². The number of thiophene rings is 1. The van der Waals surface area contributed by atoms with Gasteiger partial charge in [-0.15, -0.1) is 11.3 Å². The third-order valence-electron chi connectivity index (χ3n) is 6.37. The highest BCUT2D eigenvalue weighted by Gasteiger charge is 2.50. The molecular weight excluding hydrogens is 380 g/mol. The van der Waals surface area contributed by atoms with E-state index in [-0.39, 0.29) is 17.2 Å². The second kappa shape index (κ2) is 7.28. The molecule has 2 bridgehead atoms. The van der Waals surface area contributed by atoms with E-state index >= 15 is 0 Å². The van der Waals surface area contributed by atoms with Crippen LogP contribution in [0.3, 0.4) is 0 Å². The van der Waals surface area contributed by atoms with Gasteiger partial charge in [0.15, 0.2) is 0 Å². The molecular formula is C24H30N2O2S. The zero-order valence-electron chi connectivity index (χ0n) is 17.8. The number of likely N-dealkylation sites (tertiary alicyclic amines) is 1. The Hall–Kier alpha value is -2.14. The zero-order valence-corrected chi connectivity index (χ0v) is 18.6. The molecule has 5 heteroatoms. The average Bonchev–Trinajstić information content (AvgIpc) is 3.26. The van der Waals surface area contributed by atoms with Crippen LogP contribution in [0.5, 0.6) is 0 Å². The van der Waals surface area contributed by atoms with Crippen molar-refractivity contribution in [2.24, 2.45) is 10.8 Å². The molecule has 1 aliphatic heterocycles. The van der Waals surface area contributed by atoms with Gasteiger partial charge in [0, 0.05) is 31.7 Å². The Kier molecular flexibility index (Phi) is 5.06. The molecule has 29 heavy (non-hydrogen) atoms. The maximum absolute atomic E-state index is 13.2. The Labute approximate surface area is 177 Å². The number of amides is 2. The minimum absolute atomic E-state index is 0.0281. The van der Waals surface area contributed by atoms with Crippen molar-refractivity contribution in [2.45, 2.75) is 52.6 Å². The molecule has 2 amide bonds. The first-order chi connectivity index (χ1) is 13.7. The predicted octanol–water partition coefficient (Wildman–Crippen LogP) is 5.06. The van der Waals surface area contributed by atoms with Crippen molar-refractivity contribution in [2.75, 3.05) is 13.6 Å². The van der Waals surface area contributed by atoms with Gasteiger partial charge in [0.1, 0.15) is 0 Å². The van der Waals surface area contributed by atoms with Crippen molar-refractivity contribution in [1.29, 1.82) is 0 Å². The molecule has 1 saturated carbocycles. The number of benzene rings is 1. The second-order valence-electron chi connectivity index (χ2n) is 9.98. The van der Waals surface area contributed by atoms with E-state index in [9.17, 15) is 9.59 Å². The minimum Gasteiger partial charge on any atom is -0.337 e. The third-order valence-corrected chi connectivity index (χ3v) is 7.23. The van der Waals surface area contributed by atoms with Gasteiger partial charge in [-0.1, -0.05) is 39.0 Å². The SMILES string of the molecule is CN(Cc1ccc(C(=O)N2CC3(C)CC2CC(C)(C)C3)cc1)C(=O)c1cccs1. The zero-order chi connectivity index (χ0) is 20.8. The number of nitrogens with zero attached hydrogens (tertiary/aromatic N) is 2. The van der Waals surface area contributed by atoms with Gasteiger partial charge in [-0.05, 0) is 59.2 Å². The number of carbonyl (C=O) groups excluding carboxylic acids is 2. The number of carbonyl (C=O) groups is 2. The van der Waals surface area contributed by atoms with Crippen LogP contribution >= 0.6 is 11.3 Å². The minimum atomic E-state index is 0.0281. The number of hydrogen-bond acceptors (Lipinski definition) is 3. The third kappa shape index (κ3) is 4.11. The van der Waals surface area contributed by atoms with E-state index in [1.54, 1.807) is 4.90 Å². The smallest absolute Gasteiger partial charge is 0.263 e. The van der Waals surface area contributed by atoms with Crippen molar-refractivity contribution in [3.05, 3.63) is 57.8 Å². The van der Waals surface area contributed by atoms with Gasteiger partial charge in [0.05, 0.1) is 4.88 Å². The van der Waals surface area contributed by atoms with Crippen LogP contribution in [-0.4, -0.2) is 41.2 Å². The Morgan fingerprint density at radius 1 is 1.14 bits per heavy atom. The van der Waals surface area contributed by atoms with E-state index in [1.165, 1.54) is 17.8 Å². The molecule has 154 valence electrons. The summed E-state index contributed by atoms with van der Waals surface area (Å²) in [5, 5.41) is 1.91. The molecule has 1 aliphatic carbocycles. The molecule has 0 N–H and O–H groups in total. The van der Waals surface area contributed by atoms with Crippen LogP contribution in [0.1, 0.15) is 65.6 Å². The Balaban J connectivity index is 1.43. The van der Waals surface area contributed by atoms with Gasteiger partial charge in [-0.3, -0.25) is 9.59 Å². The normalized spacial score (nSPS) is 25.1. The lowest BCUT2D eigenvalue weighted by Crippen LogP contribution is -2.37. The van der Waals surface area contributed by atoms with Crippen LogP contribution in [0.4, 0.5) is 0 Å². The highest BCUT2D eigenvalue weighted by molar-refractivity contribution is 7.12. The monoisotopic (exact) mass is 410 g/mol. The summed E-state index contributed by atoms with van der Waals surface area (Å²) >= 11 is 1.46. The van der Waals surface area contributed by atoms with Crippen molar-refractivity contribution < 1.29 is 9.59 Å². The van der Waals surface area contributed by atoms with E-state index in [4.69, 9.17) is 0 Å². The molecule has 2 atom stereocenters. The fourth-order valence-corrected chi connectivity index (χ4v) is 6.27. The quantitative estimate of drug-likeness (QED) is 0.707. The second-order valence-corrected chi connectivity index (χ2v) is 10.9. The fourth-order valence-electron chi connectivity index (χ4n) is 5.55. The van der Waals surface area contributed by atoms with Crippen molar-refractivity contribution in [3.63, 3.8) is 0 Å². The summed E-state index contributed by atoms with van der Waals surface area (Å²) in [6.45, 7) is 8.38. The largest absolute Gasteiger partial charge is 0.337 e. The maximum atomic E-state index is 13.2. The lowest BCUT2D eigenvalue weighted by Gasteiger charge is -2.39. The summed E-state index contributed by atoms with van der Waals surface area (Å²) in [6, 6.07) is 11.9. The van der Waals surface area contributed by atoms with Crippen LogP contribution in [0.25, 0.3) is 0 Å². The Morgan fingerprint density at radius 3 is 2.52 bits per heavy atom. The first kappa shape index (κ1) is 20.1. The van der Waals surface area contributed by atoms with Gasteiger partial charge in [-0.2, -0.15) is 0 Å². The topological polar surface area (TPSA) is 40.6 Å². The Bertz CT molecular complexity index is 903. The molecule has 4 rings (SSSR count). The molecule has 0 spiro atoms. The summed E-state index contributed by atoms with van der Waals surface area (Å²) in [7, 11) is 1.81. The molecule has 2 aliphatic rings. The molecule has 2 unspecified atom stereocenters. The van der Waals surface area contributed by atoms with Crippen molar-refractivity contribution in [1.82, 2.24) is 9.80 Å². The molecule has 2 aromatic rings. The average molecular weight is 411 g/mol. The summed E-state index contributed by atoms with van der Waals surface area (Å²) in [4.78, 5) is 30.2. The summed E-state index contributed by atoms with van der Waals surface area (Å²) in [5.74, 6) is 0.173. The first-order valence-corrected chi connectivity index (χ1v) is 11.2. The van der Waals surface area contributed by atoms with Crippen LogP contribution in [-0.2, 0) is 6.54 Å². The van der Waals surface area contributed by atoms with Crippen LogP contribution in [0.2, 0.25) is 0 Å². The van der Waals surface area contributed by atoms with Gasteiger partial charge >= 0.3 is 0 Å². The summed E-state index contributed by atoms with van der Waals surface area (Å²) < 4.78 is 0. The highest BCUT2D eigenvalue weighted by atomic mass is 32.1. The van der Waals surface area contributed by atoms with E-state index < -0.39 is 0 Å². The highest BCUT2D eigenvalue weighted by Crippen LogP contribution is 2.52. The maximum Gasteiger partial charge on any atom is 0.263 e. The van der Waals surface area contributed by atoms with E-state index in [2.05, 4.69) is 25.7 Å². The standard InChI is InChI=1S/C24H30N2O2S/c1-23(2)12-19-13-24(3,15-23)16-26(19)21(27)18-9-7-17(8-10-18)14-25(4)22(28)20-6-5-11-29-20/h5-11,19H,12-16H2,1-4H3. The summed E-state index contributed by atoms with van der Waals surface area (Å²) in [6.07, 6.45) is 3.39. The molecule has 4 nitrogen and oxygen atoms in total. The molecule has 2 heterocycles. The number of fused-ring (bicyclic) bond motifs is 2. The predicted molar refractivity (Wildman–Crippen MR) is 117 cm³/mol. The molecule has 1 saturated heterocycles. The van der Waals surface area contributed by atoms with E-state index in [1.807, 2.05) is 48.8 Å². The number of rotatable bonds is 4. The fraction of sp³-hybridized carbons (Fsp3) is 0.500. The molecule has 1 aromatic carbocycles. The summed E-state index contributed by atoms with van der Waals surface area (Å²) in [5.41, 5.74) is 2.32. The van der Waals surface area contributed by atoms with Crippen LogP contribution in [0, 0.1) is 10.8 Å². The number of hydrogen-bond donors (Lipinski definition) is 0. The molecule has 1 aromatic heterocycles. The lowest BCUT2D eigenvalue weighted by atomic mass is 9.65. The Morgan fingerprint density at radius 2 is 1.86 bits per heavy atom. The first-order valence-electron chi connectivity index (χ1n) is 10.3. The van der Waals surface area contributed by atoms with Gasteiger partial charge in [-0.25, -0.2) is 0 Å². The van der Waals surface area contributed by atoms with Crippen molar-refractivity contribution >= 4 is 23.2 Å². The van der Waals surface area contributed by atoms with Crippen LogP contribution in [0.15, 0.2) is 41.8 Å². The molecule has 2 fully saturated rings. The van der Waals surface area contributed by atoms with E-state index in [0.29, 0.717) is 18.0 Å². The lowest BCUT2D eigenvalue weighted by molar-refractivity contribution is 0.0707. The van der Waals surface area contributed by atoms with Crippen molar-refractivity contribution in [3.8, 4) is 0 Å². The van der Waals surface area contributed by atoms with Crippen LogP contribution < -0.4 is 0 Å².